The van der Waals surface area contributed by atoms with Crippen LogP contribution in [0.3, 0.4) is 0 Å². The fraction of sp³-hybridized carbons (Fsp3) is 0.0769. The maximum atomic E-state index is 11.1. The van der Waals surface area contributed by atoms with Crippen molar-refractivity contribution in [3.63, 3.8) is 0 Å². The Hall–Kier alpha value is -2.47. The van der Waals surface area contributed by atoms with Gasteiger partial charge in [-0.2, -0.15) is 0 Å². The van der Waals surface area contributed by atoms with Gasteiger partial charge in [-0.25, -0.2) is 9.78 Å². The van der Waals surface area contributed by atoms with Gasteiger partial charge in [-0.3, -0.25) is 4.40 Å². The molecule has 0 aliphatic heterocycles. The molecule has 100 valence electrons. The second-order valence-electron chi connectivity index (χ2n) is 4.26. The molecule has 3 rings (SSSR count). The normalized spacial score (nSPS) is 10.9. The molecule has 0 aliphatic carbocycles. The van der Waals surface area contributed by atoms with Gasteiger partial charge in [0.2, 0.25) is 0 Å². The third kappa shape index (κ3) is 2.00. The number of hydrogen-bond donors (Lipinski definition) is 1. The van der Waals surface area contributed by atoms with Gasteiger partial charge in [-0.05, 0) is 25.1 Å². The third-order valence-electron chi connectivity index (χ3n) is 2.82. The maximum absolute atomic E-state index is 11.1. The van der Waals surface area contributed by atoms with Crippen LogP contribution in [0.4, 0.5) is 0 Å². The second kappa shape index (κ2) is 4.57. The summed E-state index contributed by atoms with van der Waals surface area (Å²) in [5, 5.41) is 17.3. The average molecular weight is 289 g/mol. The summed E-state index contributed by atoms with van der Waals surface area (Å²) < 4.78 is 1.54. The van der Waals surface area contributed by atoms with Crippen LogP contribution in [0.5, 0.6) is 0 Å². The number of halogens is 1. The number of aromatic carboxylic acids is 1. The fourth-order valence-corrected chi connectivity index (χ4v) is 2.16. The van der Waals surface area contributed by atoms with Crippen molar-refractivity contribution in [3.8, 4) is 11.5 Å². The van der Waals surface area contributed by atoms with Crippen molar-refractivity contribution in [2.45, 2.75) is 6.92 Å². The van der Waals surface area contributed by atoms with Crippen LogP contribution in [0, 0.1) is 6.92 Å². The molecule has 0 spiro atoms. The highest BCUT2D eigenvalue weighted by atomic mass is 35.5. The van der Waals surface area contributed by atoms with E-state index in [-0.39, 0.29) is 10.6 Å². The molecular formula is C13H9ClN4O2. The zero-order valence-corrected chi connectivity index (χ0v) is 11.2. The van der Waals surface area contributed by atoms with Gasteiger partial charge >= 0.3 is 5.97 Å². The standard InChI is InChI=1S/C13H9ClN4O2/c1-7-3-2-4-10(15-7)12-17-16-11-9(14)5-8(13(19)20)6-18(11)12/h2-6H,1H3,(H,19,20). The number of nitrogens with zero attached hydrogens (tertiary/aromatic N) is 4. The molecule has 0 amide bonds. The Morgan fingerprint density at radius 3 is 2.85 bits per heavy atom. The summed E-state index contributed by atoms with van der Waals surface area (Å²) in [6.07, 6.45) is 1.43. The largest absolute Gasteiger partial charge is 0.478 e. The third-order valence-corrected chi connectivity index (χ3v) is 3.10. The summed E-state index contributed by atoms with van der Waals surface area (Å²) in [5.74, 6) is -0.612. The highest BCUT2D eigenvalue weighted by Crippen LogP contribution is 2.23. The monoisotopic (exact) mass is 288 g/mol. The lowest BCUT2D eigenvalue weighted by Gasteiger charge is -2.03. The number of carboxylic acids is 1. The quantitative estimate of drug-likeness (QED) is 0.783. The molecule has 3 heterocycles. The van der Waals surface area contributed by atoms with E-state index in [0.29, 0.717) is 17.2 Å². The van der Waals surface area contributed by atoms with Crippen molar-refractivity contribution in [2.75, 3.05) is 0 Å². The van der Waals surface area contributed by atoms with Crippen LogP contribution in [0.1, 0.15) is 16.1 Å². The van der Waals surface area contributed by atoms with Crippen LogP contribution < -0.4 is 0 Å². The maximum Gasteiger partial charge on any atom is 0.337 e. The van der Waals surface area contributed by atoms with Gasteiger partial charge in [-0.1, -0.05) is 17.7 Å². The molecule has 0 aromatic carbocycles. The Balaban J connectivity index is 2.29. The van der Waals surface area contributed by atoms with E-state index in [9.17, 15) is 4.79 Å². The lowest BCUT2D eigenvalue weighted by molar-refractivity contribution is 0.0696. The lowest BCUT2D eigenvalue weighted by atomic mass is 10.2. The number of fused-ring (bicyclic) bond motifs is 1. The summed E-state index contributed by atoms with van der Waals surface area (Å²) >= 11 is 6.03. The van der Waals surface area contributed by atoms with Gasteiger partial charge in [0, 0.05) is 11.9 Å². The average Bonchev–Trinajstić information content (AvgIpc) is 2.83. The minimum absolute atomic E-state index is 0.0659. The van der Waals surface area contributed by atoms with Crippen molar-refractivity contribution in [1.82, 2.24) is 19.6 Å². The van der Waals surface area contributed by atoms with E-state index in [2.05, 4.69) is 15.2 Å². The number of carboxylic acid groups (broad SMARTS) is 1. The molecule has 0 saturated heterocycles. The molecule has 0 saturated carbocycles. The van der Waals surface area contributed by atoms with Gasteiger partial charge in [0.05, 0.1) is 10.6 Å². The van der Waals surface area contributed by atoms with E-state index in [1.807, 2.05) is 19.1 Å². The minimum Gasteiger partial charge on any atom is -0.478 e. The van der Waals surface area contributed by atoms with E-state index >= 15 is 0 Å². The molecule has 0 unspecified atom stereocenters. The SMILES string of the molecule is Cc1cccc(-c2nnc3c(Cl)cc(C(=O)O)cn23)n1. The molecule has 3 aromatic heterocycles. The predicted octanol–water partition coefficient (Wildman–Crippen LogP) is 2.45. The van der Waals surface area contributed by atoms with Crippen LogP contribution in [-0.2, 0) is 0 Å². The van der Waals surface area contributed by atoms with E-state index in [1.54, 1.807) is 6.07 Å². The zero-order chi connectivity index (χ0) is 14.3. The highest BCUT2D eigenvalue weighted by molar-refractivity contribution is 6.33. The smallest absolute Gasteiger partial charge is 0.337 e. The Morgan fingerprint density at radius 1 is 1.35 bits per heavy atom. The molecular weight excluding hydrogens is 280 g/mol. The first-order chi connectivity index (χ1) is 9.56. The van der Waals surface area contributed by atoms with Gasteiger partial charge in [0.1, 0.15) is 5.69 Å². The van der Waals surface area contributed by atoms with Gasteiger partial charge in [-0.15, -0.1) is 10.2 Å². The Labute approximate surface area is 118 Å². The van der Waals surface area contributed by atoms with Crippen LogP contribution in [0.25, 0.3) is 17.2 Å². The molecule has 0 radical (unpaired) electrons. The molecule has 0 fully saturated rings. The predicted molar refractivity (Wildman–Crippen MR) is 72.9 cm³/mol. The first-order valence-electron chi connectivity index (χ1n) is 5.78. The Kier molecular flexibility index (Phi) is 2.87. The van der Waals surface area contributed by atoms with E-state index in [1.165, 1.54) is 16.7 Å². The fourth-order valence-electron chi connectivity index (χ4n) is 1.91. The molecule has 0 bridgehead atoms. The van der Waals surface area contributed by atoms with Gasteiger partial charge < -0.3 is 5.11 Å². The van der Waals surface area contributed by atoms with Gasteiger partial charge in [0.15, 0.2) is 11.5 Å². The molecule has 20 heavy (non-hydrogen) atoms. The topological polar surface area (TPSA) is 80.4 Å². The van der Waals surface area contributed by atoms with Crippen molar-refractivity contribution >= 4 is 23.2 Å². The number of pyridine rings is 2. The number of carbonyl (C=O) groups is 1. The van der Waals surface area contributed by atoms with E-state index in [0.717, 1.165) is 5.69 Å². The van der Waals surface area contributed by atoms with Crippen LogP contribution in [0.2, 0.25) is 5.02 Å². The van der Waals surface area contributed by atoms with Crippen molar-refractivity contribution < 1.29 is 9.90 Å². The summed E-state index contributed by atoms with van der Waals surface area (Å²) in [5.41, 5.74) is 1.90. The van der Waals surface area contributed by atoms with Crippen LogP contribution in [-0.4, -0.2) is 30.7 Å². The number of hydrogen-bond acceptors (Lipinski definition) is 4. The molecule has 3 aromatic rings. The number of rotatable bonds is 2. The first-order valence-corrected chi connectivity index (χ1v) is 6.15. The van der Waals surface area contributed by atoms with Crippen molar-refractivity contribution in [1.29, 1.82) is 0 Å². The van der Waals surface area contributed by atoms with Crippen LogP contribution in [0.15, 0.2) is 30.5 Å². The molecule has 1 N–H and O–H groups in total. The summed E-state index contributed by atoms with van der Waals surface area (Å²) in [6.45, 7) is 1.86. The lowest BCUT2D eigenvalue weighted by Crippen LogP contribution is -2.01. The number of aryl methyl sites for hydroxylation is 1. The van der Waals surface area contributed by atoms with Gasteiger partial charge in [0.25, 0.3) is 0 Å². The molecule has 6 nitrogen and oxygen atoms in total. The van der Waals surface area contributed by atoms with Crippen molar-refractivity contribution in [3.05, 3.63) is 46.7 Å². The summed E-state index contributed by atoms with van der Waals surface area (Å²) in [7, 11) is 0. The van der Waals surface area contributed by atoms with Crippen molar-refractivity contribution in [2.24, 2.45) is 0 Å². The number of aromatic nitrogens is 4. The molecule has 0 aliphatic rings. The minimum atomic E-state index is -1.06. The Morgan fingerprint density at radius 2 is 2.15 bits per heavy atom. The first kappa shape index (κ1) is 12.6. The molecule has 0 atom stereocenters. The van der Waals surface area contributed by atoms with E-state index in [4.69, 9.17) is 16.7 Å². The highest BCUT2D eigenvalue weighted by Gasteiger charge is 2.15. The summed E-state index contributed by atoms with van der Waals surface area (Å²) in [6, 6.07) is 6.84. The Bertz CT molecular complexity index is 828. The second-order valence-corrected chi connectivity index (χ2v) is 4.67. The molecule has 7 heteroatoms. The zero-order valence-electron chi connectivity index (χ0n) is 10.4. The van der Waals surface area contributed by atoms with Crippen LogP contribution >= 0.6 is 11.6 Å². The summed E-state index contributed by atoms with van der Waals surface area (Å²) in [4.78, 5) is 15.4. The van der Waals surface area contributed by atoms with E-state index < -0.39 is 5.97 Å².